The zero-order valence-corrected chi connectivity index (χ0v) is 19.6. The van der Waals surface area contributed by atoms with Gasteiger partial charge in [0.2, 0.25) is 11.9 Å². The molecular formula is C23H28ClN9. The number of anilines is 2. The summed E-state index contributed by atoms with van der Waals surface area (Å²) in [5.41, 5.74) is 9.86. The summed E-state index contributed by atoms with van der Waals surface area (Å²) in [7, 11) is 0. The highest BCUT2D eigenvalue weighted by atomic mass is 35.5. The predicted octanol–water partition coefficient (Wildman–Crippen LogP) is 3.63. The van der Waals surface area contributed by atoms with Crippen LogP contribution in [0.4, 0.5) is 11.9 Å². The largest absolute Gasteiger partial charge is 0.350 e. The first-order valence-electron chi connectivity index (χ1n) is 11.3. The first-order chi connectivity index (χ1) is 16.0. The van der Waals surface area contributed by atoms with Crippen LogP contribution in [0.15, 0.2) is 42.9 Å². The molecule has 3 aromatic heterocycles. The van der Waals surface area contributed by atoms with Crippen LogP contribution in [0.1, 0.15) is 43.7 Å². The number of nitrogens with two attached hydrogens (primary N) is 1. The van der Waals surface area contributed by atoms with Crippen LogP contribution in [0.3, 0.4) is 0 Å². The molecule has 0 saturated carbocycles. The van der Waals surface area contributed by atoms with Crippen molar-refractivity contribution in [3.63, 3.8) is 0 Å². The third-order valence-electron chi connectivity index (χ3n) is 6.10. The smallest absolute Gasteiger partial charge is 0.230 e. The molecule has 172 valence electrons. The van der Waals surface area contributed by atoms with Gasteiger partial charge in [-0.1, -0.05) is 31.5 Å². The molecule has 1 aliphatic heterocycles. The van der Waals surface area contributed by atoms with E-state index >= 15 is 0 Å². The fourth-order valence-electron chi connectivity index (χ4n) is 4.16. The molecule has 0 spiro atoms. The first kappa shape index (κ1) is 21.7. The Morgan fingerprint density at radius 2 is 1.97 bits per heavy atom. The molecule has 1 aliphatic rings. The van der Waals surface area contributed by atoms with E-state index in [1.165, 1.54) is 0 Å². The molecule has 0 atom stereocenters. The van der Waals surface area contributed by atoms with Crippen LogP contribution in [0.5, 0.6) is 0 Å². The molecule has 0 radical (unpaired) electrons. The van der Waals surface area contributed by atoms with Crippen LogP contribution >= 0.6 is 11.6 Å². The molecule has 33 heavy (non-hydrogen) atoms. The molecule has 5 rings (SSSR count). The van der Waals surface area contributed by atoms with E-state index in [4.69, 9.17) is 27.3 Å². The van der Waals surface area contributed by atoms with Crippen LogP contribution in [-0.2, 0) is 6.54 Å². The molecule has 0 aliphatic carbocycles. The maximum atomic E-state index is 6.59. The Morgan fingerprint density at radius 1 is 1.15 bits per heavy atom. The van der Waals surface area contributed by atoms with Gasteiger partial charge < -0.3 is 16.0 Å². The minimum atomic E-state index is 0.240. The fourth-order valence-corrected chi connectivity index (χ4v) is 4.40. The molecule has 1 aromatic carbocycles. The summed E-state index contributed by atoms with van der Waals surface area (Å²) < 4.78 is 3.59. The third-order valence-corrected chi connectivity index (χ3v) is 6.45. The van der Waals surface area contributed by atoms with Crippen molar-refractivity contribution in [2.75, 3.05) is 23.3 Å². The summed E-state index contributed by atoms with van der Waals surface area (Å²) in [5, 5.41) is 13.1. The molecular weight excluding hydrogens is 438 g/mol. The van der Waals surface area contributed by atoms with E-state index in [-0.39, 0.29) is 6.04 Å². The highest BCUT2D eigenvalue weighted by molar-refractivity contribution is 6.31. The van der Waals surface area contributed by atoms with E-state index in [2.05, 4.69) is 34.3 Å². The standard InChI is InChI=1S/C23H28ClN9/c1-15(2)17-14-28-33-21(17)29-23(31-11-7-16(25)8-12-31)30-22(33)26-13-18-19(24)5-3-6-20(18)32-10-4-9-27-32/h3-6,9-10,14-16H,7-8,11-13,25H2,1-2H3,(H,26,29,30). The Balaban J connectivity index is 1.52. The SMILES string of the molecule is CC(C)c1cnn2c(NCc3c(Cl)cccc3-n3cccn3)nc(N3CCC(N)CC3)nc12. The molecule has 1 saturated heterocycles. The number of nitrogens with zero attached hydrogens (tertiary/aromatic N) is 7. The second-order valence-electron chi connectivity index (χ2n) is 8.70. The van der Waals surface area contributed by atoms with E-state index in [9.17, 15) is 0 Å². The van der Waals surface area contributed by atoms with Gasteiger partial charge in [0.25, 0.3) is 0 Å². The van der Waals surface area contributed by atoms with Crippen molar-refractivity contribution < 1.29 is 0 Å². The van der Waals surface area contributed by atoms with Crippen molar-refractivity contribution >= 4 is 29.1 Å². The average molecular weight is 466 g/mol. The van der Waals surface area contributed by atoms with Crippen LogP contribution < -0.4 is 16.0 Å². The molecule has 0 amide bonds. The topological polar surface area (TPSA) is 102 Å². The Labute approximate surface area is 197 Å². The Kier molecular flexibility index (Phi) is 5.90. The zero-order valence-electron chi connectivity index (χ0n) is 18.8. The zero-order chi connectivity index (χ0) is 22.9. The molecule has 3 N–H and O–H groups in total. The van der Waals surface area contributed by atoms with Crippen molar-refractivity contribution in [3.8, 4) is 5.69 Å². The molecule has 1 fully saturated rings. The Hall–Kier alpha value is -3.17. The third kappa shape index (κ3) is 4.26. The number of hydrogen-bond donors (Lipinski definition) is 2. The van der Waals surface area contributed by atoms with Gasteiger partial charge in [0, 0.05) is 54.2 Å². The van der Waals surface area contributed by atoms with Gasteiger partial charge in [-0.2, -0.15) is 24.7 Å². The Bertz CT molecular complexity index is 1240. The molecule has 4 aromatic rings. The van der Waals surface area contributed by atoms with E-state index < -0.39 is 0 Å². The predicted molar refractivity (Wildman–Crippen MR) is 130 cm³/mol. The fraction of sp³-hybridized carbons (Fsp3) is 0.391. The van der Waals surface area contributed by atoms with Gasteiger partial charge in [-0.3, -0.25) is 0 Å². The van der Waals surface area contributed by atoms with Crippen LogP contribution in [0.25, 0.3) is 11.3 Å². The minimum Gasteiger partial charge on any atom is -0.350 e. The minimum absolute atomic E-state index is 0.240. The molecule has 0 bridgehead atoms. The number of benzene rings is 1. The van der Waals surface area contributed by atoms with Crippen LogP contribution in [0, 0.1) is 0 Å². The number of piperidine rings is 1. The molecule has 9 nitrogen and oxygen atoms in total. The lowest BCUT2D eigenvalue weighted by molar-refractivity contribution is 0.495. The van der Waals surface area contributed by atoms with E-state index in [0.29, 0.717) is 29.4 Å². The lowest BCUT2D eigenvalue weighted by atomic mass is 10.1. The number of halogens is 1. The summed E-state index contributed by atoms with van der Waals surface area (Å²) in [4.78, 5) is 12.0. The Morgan fingerprint density at radius 3 is 2.70 bits per heavy atom. The monoisotopic (exact) mass is 465 g/mol. The van der Waals surface area contributed by atoms with Gasteiger partial charge in [0.15, 0.2) is 5.65 Å². The summed E-state index contributed by atoms with van der Waals surface area (Å²) in [6, 6.07) is 7.94. The lowest BCUT2D eigenvalue weighted by Crippen LogP contribution is -2.40. The first-order valence-corrected chi connectivity index (χ1v) is 11.7. The van der Waals surface area contributed by atoms with Gasteiger partial charge in [-0.05, 0) is 37.0 Å². The van der Waals surface area contributed by atoms with Gasteiger partial charge >= 0.3 is 0 Å². The maximum absolute atomic E-state index is 6.59. The average Bonchev–Trinajstić information content (AvgIpc) is 3.48. The summed E-state index contributed by atoms with van der Waals surface area (Å²) in [6.07, 6.45) is 7.39. The second kappa shape index (κ2) is 8.99. The van der Waals surface area contributed by atoms with Crippen molar-refractivity contribution in [2.45, 2.75) is 45.2 Å². The van der Waals surface area contributed by atoms with Crippen molar-refractivity contribution in [2.24, 2.45) is 5.73 Å². The molecule has 4 heterocycles. The molecule has 10 heteroatoms. The van der Waals surface area contributed by atoms with Gasteiger partial charge in [-0.15, -0.1) is 0 Å². The number of nitrogens with one attached hydrogen (secondary N) is 1. The summed E-state index contributed by atoms with van der Waals surface area (Å²) in [6.45, 7) is 6.44. The quantitative estimate of drug-likeness (QED) is 0.448. The summed E-state index contributed by atoms with van der Waals surface area (Å²) in [5.74, 6) is 1.62. The van der Waals surface area contributed by atoms with Crippen LogP contribution in [0.2, 0.25) is 5.02 Å². The van der Waals surface area contributed by atoms with Crippen molar-refractivity contribution in [3.05, 3.63) is 59.0 Å². The maximum Gasteiger partial charge on any atom is 0.230 e. The number of rotatable bonds is 6. The number of aromatic nitrogens is 6. The number of hydrogen-bond acceptors (Lipinski definition) is 7. The van der Waals surface area contributed by atoms with E-state index in [1.54, 1.807) is 10.7 Å². The number of fused-ring (bicyclic) bond motifs is 1. The van der Waals surface area contributed by atoms with Gasteiger partial charge in [0.05, 0.1) is 11.9 Å². The van der Waals surface area contributed by atoms with Crippen molar-refractivity contribution in [1.82, 2.24) is 29.4 Å². The van der Waals surface area contributed by atoms with Crippen molar-refractivity contribution in [1.29, 1.82) is 0 Å². The van der Waals surface area contributed by atoms with Crippen LogP contribution in [-0.4, -0.2) is 48.5 Å². The second-order valence-corrected chi connectivity index (χ2v) is 9.11. The van der Waals surface area contributed by atoms with E-state index in [1.807, 2.05) is 41.3 Å². The highest BCUT2D eigenvalue weighted by Crippen LogP contribution is 2.27. The van der Waals surface area contributed by atoms with Gasteiger partial charge in [-0.25, -0.2) is 4.68 Å². The molecule has 0 unspecified atom stereocenters. The normalized spacial score (nSPS) is 15.0. The van der Waals surface area contributed by atoms with E-state index in [0.717, 1.165) is 48.4 Å². The summed E-state index contributed by atoms with van der Waals surface area (Å²) >= 11 is 6.59. The highest BCUT2D eigenvalue weighted by Gasteiger charge is 2.22. The van der Waals surface area contributed by atoms with Gasteiger partial charge in [0.1, 0.15) is 0 Å². The lowest BCUT2D eigenvalue weighted by Gasteiger charge is -2.30.